The van der Waals surface area contributed by atoms with Crippen LogP contribution in [0.4, 0.5) is 5.13 Å². The maximum Gasteiger partial charge on any atom is 0.307 e. The largest absolute Gasteiger partial charge is 0.488 e. The smallest absolute Gasteiger partial charge is 0.307 e. The summed E-state index contributed by atoms with van der Waals surface area (Å²) in [6.07, 6.45) is 2.89. The van der Waals surface area contributed by atoms with Gasteiger partial charge in [0.1, 0.15) is 12.4 Å². The van der Waals surface area contributed by atoms with E-state index >= 15 is 0 Å². The summed E-state index contributed by atoms with van der Waals surface area (Å²) in [5.41, 5.74) is 5.59. The van der Waals surface area contributed by atoms with E-state index in [1.165, 1.54) is 0 Å². The number of aliphatic carboxylic acids is 1. The fraction of sp³-hybridized carbons (Fsp3) is 0.469. The fourth-order valence-corrected chi connectivity index (χ4v) is 7.53. The summed E-state index contributed by atoms with van der Waals surface area (Å²) in [4.78, 5) is 33.8. The molecule has 0 radical (unpaired) electrons. The van der Waals surface area contributed by atoms with Crippen molar-refractivity contribution in [3.8, 4) is 17.0 Å². The highest BCUT2D eigenvalue weighted by Crippen LogP contribution is 2.44. The van der Waals surface area contributed by atoms with Gasteiger partial charge in [0.25, 0.3) is 5.91 Å². The van der Waals surface area contributed by atoms with Crippen molar-refractivity contribution >= 4 is 28.3 Å². The third kappa shape index (κ3) is 5.70. The lowest BCUT2D eigenvalue weighted by Gasteiger charge is -2.35. The average molecular weight is 576 g/mol. The number of aliphatic hydroxyl groups is 1. The molecule has 3 fully saturated rings. The van der Waals surface area contributed by atoms with Gasteiger partial charge >= 0.3 is 5.97 Å². The van der Waals surface area contributed by atoms with E-state index in [0.29, 0.717) is 38.1 Å². The number of likely N-dealkylation sites (tertiary alicyclic amines) is 1. The molecule has 3 heterocycles. The summed E-state index contributed by atoms with van der Waals surface area (Å²) in [6, 6.07) is 11.9. The molecule has 0 spiro atoms. The van der Waals surface area contributed by atoms with Gasteiger partial charge in [-0.05, 0) is 86.8 Å². The molecule has 2 aromatic carbocycles. The van der Waals surface area contributed by atoms with Gasteiger partial charge in [0.05, 0.1) is 17.7 Å². The van der Waals surface area contributed by atoms with Gasteiger partial charge in [0, 0.05) is 42.7 Å². The Labute approximate surface area is 244 Å². The molecule has 9 heteroatoms. The third-order valence-corrected chi connectivity index (χ3v) is 9.92. The number of rotatable bonds is 7. The monoisotopic (exact) mass is 575 g/mol. The van der Waals surface area contributed by atoms with Crippen molar-refractivity contribution in [3.63, 3.8) is 0 Å². The molecular formula is C32H37N3O5S. The van der Waals surface area contributed by atoms with E-state index in [2.05, 4.69) is 23.3 Å². The van der Waals surface area contributed by atoms with Crippen LogP contribution >= 0.6 is 11.3 Å². The zero-order valence-corrected chi connectivity index (χ0v) is 24.4. The topological polar surface area (TPSA) is 103 Å². The molecular weight excluding hydrogens is 538 g/mol. The van der Waals surface area contributed by atoms with Crippen LogP contribution in [-0.4, -0.2) is 64.3 Å². The van der Waals surface area contributed by atoms with Crippen LogP contribution in [0, 0.1) is 31.6 Å². The number of benzene rings is 2. The number of carboxylic acids is 1. The lowest BCUT2D eigenvalue weighted by molar-refractivity contribution is -0.144. The molecule has 1 amide bonds. The number of carbonyl (C=O) groups is 2. The highest BCUT2D eigenvalue weighted by Gasteiger charge is 2.46. The van der Waals surface area contributed by atoms with Gasteiger partial charge in [-0.1, -0.05) is 17.7 Å². The van der Waals surface area contributed by atoms with E-state index in [1.807, 2.05) is 42.2 Å². The quantitative estimate of drug-likeness (QED) is 0.402. The van der Waals surface area contributed by atoms with Gasteiger partial charge in [-0.3, -0.25) is 9.59 Å². The number of aliphatic hydroxyl groups excluding tert-OH is 1. The molecule has 2 N–H and O–H groups in total. The first-order valence-electron chi connectivity index (χ1n) is 14.5. The molecule has 216 valence electrons. The summed E-state index contributed by atoms with van der Waals surface area (Å²) in [7, 11) is 0. The number of fused-ring (bicyclic) bond motifs is 2. The molecule has 1 saturated carbocycles. The molecule has 1 aliphatic carbocycles. The number of thiazole rings is 1. The van der Waals surface area contributed by atoms with Crippen LogP contribution in [-0.2, 0) is 11.4 Å². The van der Waals surface area contributed by atoms with E-state index in [0.717, 1.165) is 64.8 Å². The lowest BCUT2D eigenvalue weighted by atomic mass is 9.85. The Morgan fingerprint density at radius 3 is 2.44 bits per heavy atom. The normalized spacial score (nSPS) is 22.7. The van der Waals surface area contributed by atoms with Gasteiger partial charge in [-0.25, -0.2) is 4.98 Å². The molecule has 41 heavy (non-hydrogen) atoms. The SMILES string of the molecule is Cc1ccc(OCc2ccc(C(=O)N3CCC(O)CC3)cc2C)c(-c2csc(N3CC4CCC(C3)C4C(=O)O)n2)c1. The van der Waals surface area contributed by atoms with Crippen molar-refractivity contribution in [2.75, 3.05) is 31.1 Å². The molecule has 6 rings (SSSR count). The number of ether oxygens (including phenoxy) is 1. The Kier molecular flexibility index (Phi) is 7.74. The average Bonchev–Trinajstić information content (AvgIpc) is 3.55. The minimum Gasteiger partial charge on any atom is -0.488 e. The summed E-state index contributed by atoms with van der Waals surface area (Å²) < 4.78 is 6.34. The second-order valence-corrected chi connectivity index (χ2v) is 12.7. The Morgan fingerprint density at radius 2 is 1.76 bits per heavy atom. The summed E-state index contributed by atoms with van der Waals surface area (Å²) in [6.45, 7) is 7.08. The number of aromatic nitrogens is 1. The first kappa shape index (κ1) is 27.7. The number of carboxylic acid groups (broad SMARTS) is 1. The van der Waals surface area contributed by atoms with Gasteiger partial charge < -0.3 is 24.7 Å². The first-order chi connectivity index (χ1) is 19.8. The van der Waals surface area contributed by atoms with Crippen LogP contribution in [0.15, 0.2) is 41.8 Å². The fourth-order valence-electron chi connectivity index (χ4n) is 6.68. The molecule has 2 atom stereocenters. The van der Waals surface area contributed by atoms with Crippen LogP contribution in [0.3, 0.4) is 0 Å². The minimum absolute atomic E-state index is 0.00724. The predicted octanol–water partition coefficient (Wildman–Crippen LogP) is 5.15. The highest BCUT2D eigenvalue weighted by molar-refractivity contribution is 7.14. The Balaban J connectivity index is 1.15. The molecule has 2 unspecified atom stereocenters. The number of carbonyl (C=O) groups excluding carboxylic acids is 1. The van der Waals surface area contributed by atoms with Crippen molar-refractivity contribution in [1.82, 2.24) is 9.88 Å². The van der Waals surface area contributed by atoms with Crippen LogP contribution in [0.1, 0.15) is 52.7 Å². The van der Waals surface area contributed by atoms with Crippen LogP contribution in [0.2, 0.25) is 0 Å². The number of amides is 1. The Bertz CT molecular complexity index is 1430. The molecule has 3 aromatic rings. The summed E-state index contributed by atoms with van der Waals surface area (Å²) in [5.74, 6) is 0.259. The number of anilines is 1. The molecule has 2 saturated heterocycles. The van der Waals surface area contributed by atoms with Crippen LogP contribution < -0.4 is 9.64 Å². The van der Waals surface area contributed by atoms with Gasteiger partial charge in [-0.15, -0.1) is 11.3 Å². The maximum atomic E-state index is 13.0. The zero-order valence-electron chi connectivity index (χ0n) is 23.6. The maximum absolute atomic E-state index is 13.0. The van der Waals surface area contributed by atoms with Crippen molar-refractivity contribution in [3.05, 3.63) is 64.0 Å². The molecule has 3 aliphatic rings. The van der Waals surface area contributed by atoms with Crippen molar-refractivity contribution in [2.24, 2.45) is 17.8 Å². The van der Waals surface area contributed by atoms with Crippen LogP contribution in [0.25, 0.3) is 11.3 Å². The molecule has 8 nitrogen and oxygen atoms in total. The highest BCUT2D eigenvalue weighted by atomic mass is 32.1. The Hall–Kier alpha value is -3.43. The number of nitrogens with zero attached hydrogens (tertiary/aromatic N) is 3. The second kappa shape index (κ2) is 11.4. The summed E-state index contributed by atoms with van der Waals surface area (Å²) >= 11 is 1.60. The van der Waals surface area contributed by atoms with Gasteiger partial charge in [0.2, 0.25) is 0 Å². The lowest BCUT2D eigenvalue weighted by Crippen LogP contribution is -2.44. The van der Waals surface area contributed by atoms with Crippen LogP contribution in [0.5, 0.6) is 5.75 Å². The van der Waals surface area contributed by atoms with Crippen molar-refractivity contribution < 1.29 is 24.5 Å². The molecule has 2 bridgehead atoms. The van der Waals surface area contributed by atoms with E-state index in [-0.39, 0.29) is 29.8 Å². The number of aryl methyl sites for hydroxylation is 2. The Morgan fingerprint density at radius 1 is 1.02 bits per heavy atom. The molecule has 1 aromatic heterocycles. The number of hydrogen-bond acceptors (Lipinski definition) is 7. The van der Waals surface area contributed by atoms with Crippen molar-refractivity contribution in [1.29, 1.82) is 0 Å². The standard InChI is InChI=1S/C32H37N3O5S/c1-19-3-8-28(40-17-24-7-4-21(14-20(24)2)30(37)34-11-9-25(36)10-12-34)26(13-19)27-18-41-32(33-27)35-15-22-5-6-23(16-35)29(22)31(38)39/h3-4,7-8,13-14,18,22-23,25,29,36H,5-6,9-12,15-17H2,1-2H3,(H,38,39). The minimum atomic E-state index is -0.655. The van der Waals surface area contributed by atoms with E-state index in [9.17, 15) is 19.8 Å². The van der Waals surface area contributed by atoms with E-state index < -0.39 is 5.97 Å². The van der Waals surface area contributed by atoms with E-state index in [1.54, 1.807) is 11.3 Å². The predicted molar refractivity (Wildman–Crippen MR) is 158 cm³/mol. The third-order valence-electron chi connectivity index (χ3n) is 9.02. The first-order valence-corrected chi connectivity index (χ1v) is 15.4. The second-order valence-electron chi connectivity index (χ2n) is 11.8. The number of hydrogen-bond donors (Lipinski definition) is 2. The van der Waals surface area contributed by atoms with Crippen molar-refractivity contribution in [2.45, 2.75) is 52.2 Å². The van der Waals surface area contributed by atoms with Gasteiger partial charge in [-0.2, -0.15) is 0 Å². The molecule has 2 aliphatic heterocycles. The van der Waals surface area contributed by atoms with E-state index in [4.69, 9.17) is 9.72 Å². The van der Waals surface area contributed by atoms with Gasteiger partial charge in [0.15, 0.2) is 5.13 Å². The summed E-state index contributed by atoms with van der Waals surface area (Å²) in [5, 5.41) is 22.4. The number of piperidine rings is 2. The zero-order chi connectivity index (χ0) is 28.7.